The van der Waals surface area contributed by atoms with Crippen molar-refractivity contribution in [2.45, 2.75) is 31.7 Å². The maximum atomic E-state index is 12.8. The summed E-state index contributed by atoms with van der Waals surface area (Å²) < 4.78 is 10.7. The van der Waals surface area contributed by atoms with Crippen LogP contribution in [0.1, 0.15) is 36.4 Å². The zero-order valence-corrected chi connectivity index (χ0v) is 16.0. The van der Waals surface area contributed by atoms with E-state index in [4.69, 9.17) is 21.1 Å². The van der Waals surface area contributed by atoms with Crippen LogP contribution in [-0.4, -0.2) is 31.6 Å². The Morgan fingerprint density at radius 3 is 2.54 bits per heavy atom. The van der Waals surface area contributed by atoms with E-state index in [1.54, 1.807) is 14.2 Å². The highest BCUT2D eigenvalue weighted by molar-refractivity contribution is 6.30. The van der Waals surface area contributed by atoms with Crippen LogP contribution in [0.15, 0.2) is 42.5 Å². The molecule has 3 rings (SSSR count). The summed E-state index contributed by atoms with van der Waals surface area (Å²) in [5.41, 5.74) is 2.23. The van der Waals surface area contributed by atoms with Crippen LogP contribution < -0.4 is 9.47 Å². The van der Waals surface area contributed by atoms with Gasteiger partial charge in [-0.05, 0) is 54.7 Å². The molecular formula is C21H24ClNO3. The van der Waals surface area contributed by atoms with Crippen molar-refractivity contribution in [3.05, 3.63) is 58.6 Å². The van der Waals surface area contributed by atoms with E-state index in [1.165, 1.54) is 0 Å². The van der Waals surface area contributed by atoms with Gasteiger partial charge < -0.3 is 14.4 Å². The second-order valence-electron chi connectivity index (χ2n) is 6.49. The molecule has 1 fully saturated rings. The molecule has 1 aliphatic heterocycles. The number of likely N-dealkylation sites (tertiary alicyclic amines) is 1. The highest BCUT2D eigenvalue weighted by Crippen LogP contribution is 2.37. The van der Waals surface area contributed by atoms with Crippen LogP contribution in [-0.2, 0) is 11.2 Å². The van der Waals surface area contributed by atoms with Crippen LogP contribution in [0, 0.1) is 0 Å². The zero-order chi connectivity index (χ0) is 18.5. The van der Waals surface area contributed by atoms with E-state index in [1.807, 2.05) is 47.4 Å². The SMILES string of the molecule is COc1ccc(C2CCCN2C(=O)CCc2ccc(Cl)cc2)cc1OC. The minimum absolute atomic E-state index is 0.104. The first-order chi connectivity index (χ1) is 12.6. The number of ether oxygens (including phenoxy) is 2. The highest BCUT2D eigenvalue weighted by Gasteiger charge is 2.30. The molecule has 1 aliphatic rings. The van der Waals surface area contributed by atoms with E-state index >= 15 is 0 Å². The van der Waals surface area contributed by atoms with Crippen LogP contribution in [0.25, 0.3) is 0 Å². The van der Waals surface area contributed by atoms with Gasteiger partial charge in [0.2, 0.25) is 5.91 Å². The number of carbonyl (C=O) groups is 1. The topological polar surface area (TPSA) is 38.8 Å². The van der Waals surface area contributed by atoms with Crippen LogP contribution in [0.4, 0.5) is 0 Å². The summed E-state index contributed by atoms with van der Waals surface area (Å²) >= 11 is 5.92. The van der Waals surface area contributed by atoms with Gasteiger partial charge in [-0.3, -0.25) is 4.79 Å². The third-order valence-electron chi connectivity index (χ3n) is 4.91. The van der Waals surface area contributed by atoms with Crippen LogP contribution in [0.5, 0.6) is 11.5 Å². The molecule has 4 nitrogen and oxygen atoms in total. The fourth-order valence-corrected chi connectivity index (χ4v) is 3.64. The van der Waals surface area contributed by atoms with E-state index < -0.39 is 0 Å². The fraction of sp³-hybridized carbons (Fsp3) is 0.381. The first-order valence-corrected chi connectivity index (χ1v) is 9.26. The van der Waals surface area contributed by atoms with Crippen LogP contribution in [0.3, 0.4) is 0 Å². The maximum absolute atomic E-state index is 12.8. The highest BCUT2D eigenvalue weighted by atomic mass is 35.5. The van der Waals surface area contributed by atoms with Gasteiger partial charge in [0.05, 0.1) is 20.3 Å². The molecule has 2 aromatic rings. The van der Waals surface area contributed by atoms with Crippen molar-refractivity contribution in [1.82, 2.24) is 4.90 Å². The van der Waals surface area contributed by atoms with Crippen molar-refractivity contribution >= 4 is 17.5 Å². The van der Waals surface area contributed by atoms with Crippen LogP contribution in [0.2, 0.25) is 5.02 Å². The molecule has 1 atom stereocenters. The fourth-order valence-electron chi connectivity index (χ4n) is 3.52. The van der Waals surface area contributed by atoms with E-state index in [-0.39, 0.29) is 11.9 Å². The molecule has 0 radical (unpaired) electrons. The molecule has 1 amide bonds. The summed E-state index contributed by atoms with van der Waals surface area (Å²) in [6.07, 6.45) is 3.23. The van der Waals surface area contributed by atoms with Crippen molar-refractivity contribution in [3.8, 4) is 11.5 Å². The number of carbonyl (C=O) groups excluding carboxylic acids is 1. The molecule has 0 aromatic heterocycles. The van der Waals surface area contributed by atoms with Gasteiger partial charge >= 0.3 is 0 Å². The molecular weight excluding hydrogens is 350 g/mol. The quantitative estimate of drug-likeness (QED) is 0.739. The summed E-state index contributed by atoms with van der Waals surface area (Å²) in [6, 6.07) is 13.7. The Labute approximate surface area is 159 Å². The molecule has 1 unspecified atom stereocenters. The third-order valence-corrected chi connectivity index (χ3v) is 5.16. The Morgan fingerprint density at radius 1 is 1.12 bits per heavy atom. The Morgan fingerprint density at radius 2 is 1.85 bits per heavy atom. The van der Waals surface area contributed by atoms with Crippen molar-refractivity contribution in [2.24, 2.45) is 0 Å². The van der Waals surface area contributed by atoms with Gasteiger partial charge in [0, 0.05) is 18.0 Å². The normalized spacial score (nSPS) is 16.6. The van der Waals surface area contributed by atoms with Crippen LogP contribution >= 0.6 is 11.6 Å². The van der Waals surface area contributed by atoms with Gasteiger partial charge in [0.25, 0.3) is 0 Å². The molecule has 1 saturated heterocycles. The number of hydrogen-bond donors (Lipinski definition) is 0. The van der Waals surface area contributed by atoms with Gasteiger partial charge in [-0.15, -0.1) is 0 Å². The summed E-state index contributed by atoms with van der Waals surface area (Å²) in [6.45, 7) is 0.804. The number of nitrogens with zero attached hydrogens (tertiary/aromatic N) is 1. The molecule has 0 bridgehead atoms. The van der Waals surface area contributed by atoms with E-state index in [2.05, 4.69) is 0 Å². The first-order valence-electron chi connectivity index (χ1n) is 8.88. The van der Waals surface area contributed by atoms with Gasteiger partial charge in [-0.2, -0.15) is 0 Å². The smallest absolute Gasteiger partial charge is 0.223 e. The number of benzene rings is 2. The standard InChI is InChI=1S/C21H24ClNO3/c1-25-19-11-8-16(14-20(19)26-2)18-4-3-13-23(18)21(24)12-7-15-5-9-17(22)10-6-15/h5-6,8-11,14,18H,3-4,7,12-13H2,1-2H3. The number of halogens is 1. The van der Waals surface area contributed by atoms with Crippen molar-refractivity contribution in [3.63, 3.8) is 0 Å². The minimum Gasteiger partial charge on any atom is -0.493 e. The molecule has 0 aliphatic carbocycles. The second-order valence-corrected chi connectivity index (χ2v) is 6.92. The van der Waals surface area contributed by atoms with Gasteiger partial charge in [0.15, 0.2) is 11.5 Å². The number of aryl methyl sites for hydroxylation is 1. The Balaban J connectivity index is 1.69. The summed E-state index contributed by atoms with van der Waals surface area (Å²) in [7, 11) is 3.25. The molecule has 1 heterocycles. The number of rotatable bonds is 6. The van der Waals surface area contributed by atoms with Gasteiger partial charge in [-0.25, -0.2) is 0 Å². The summed E-state index contributed by atoms with van der Waals surface area (Å²) in [5.74, 6) is 1.59. The van der Waals surface area contributed by atoms with Gasteiger partial charge in [0.1, 0.15) is 0 Å². The molecule has 138 valence electrons. The average Bonchev–Trinajstić information content (AvgIpc) is 3.16. The van der Waals surface area contributed by atoms with E-state index in [0.717, 1.165) is 36.9 Å². The lowest BCUT2D eigenvalue weighted by molar-refractivity contribution is -0.132. The largest absolute Gasteiger partial charge is 0.493 e. The van der Waals surface area contributed by atoms with Gasteiger partial charge in [-0.1, -0.05) is 29.8 Å². The minimum atomic E-state index is 0.104. The first kappa shape index (κ1) is 18.6. The van der Waals surface area contributed by atoms with Crippen molar-refractivity contribution in [2.75, 3.05) is 20.8 Å². The lowest BCUT2D eigenvalue weighted by Crippen LogP contribution is -2.30. The van der Waals surface area contributed by atoms with Crippen molar-refractivity contribution < 1.29 is 14.3 Å². The molecule has 26 heavy (non-hydrogen) atoms. The number of methoxy groups -OCH3 is 2. The maximum Gasteiger partial charge on any atom is 0.223 e. The predicted molar refractivity (Wildman–Crippen MR) is 103 cm³/mol. The number of amides is 1. The predicted octanol–water partition coefficient (Wildman–Crippen LogP) is 4.65. The van der Waals surface area contributed by atoms with E-state index in [0.29, 0.717) is 22.9 Å². The lowest BCUT2D eigenvalue weighted by atomic mass is 10.0. The molecule has 2 aromatic carbocycles. The summed E-state index contributed by atoms with van der Waals surface area (Å²) in [5, 5.41) is 0.716. The molecule has 0 spiro atoms. The monoisotopic (exact) mass is 373 g/mol. The zero-order valence-electron chi connectivity index (χ0n) is 15.2. The molecule has 0 saturated carbocycles. The lowest BCUT2D eigenvalue weighted by Gasteiger charge is -2.26. The Hall–Kier alpha value is -2.20. The molecule has 5 heteroatoms. The Kier molecular flexibility index (Phi) is 6.04. The average molecular weight is 374 g/mol. The second kappa shape index (κ2) is 8.45. The van der Waals surface area contributed by atoms with Crippen molar-refractivity contribution in [1.29, 1.82) is 0 Å². The third kappa shape index (κ3) is 4.13. The summed E-state index contributed by atoms with van der Waals surface area (Å²) in [4.78, 5) is 14.8. The van der Waals surface area contributed by atoms with E-state index in [9.17, 15) is 4.79 Å². The molecule has 0 N–H and O–H groups in total. The number of hydrogen-bond acceptors (Lipinski definition) is 3. The Bertz CT molecular complexity index is 760.